The van der Waals surface area contributed by atoms with Crippen LogP contribution in [0.25, 0.3) is 65.4 Å². The summed E-state index contributed by atoms with van der Waals surface area (Å²) in [5.74, 6) is 0. The van der Waals surface area contributed by atoms with Gasteiger partial charge in [0.25, 0.3) is 0 Å². The van der Waals surface area contributed by atoms with E-state index < -0.39 is 8.07 Å². The smallest absolute Gasteiger partial charge is 0.179 e. The van der Waals surface area contributed by atoms with E-state index in [1.165, 1.54) is 53.1 Å². The van der Waals surface area contributed by atoms with Crippen molar-refractivity contribution in [3.8, 4) is 11.1 Å². The van der Waals surface area contributed by atoms with Gasteiger partial charge in [-0.3, -0.25) is 0 Å². The highest BCUT2D eigenvalue weighted by Gasteiger charge is 2.41. The second-order valence-corrected chi connectivity index (χ2v) is 20.2. The van der Waals surface area contributed by atoms with Crippen LogP contribution in [0.5, 0.6) is 0 Å². The van der Waals surface area contributed by atoms with Crippen molar-refractivity contribution in [2.75, 3.05) is 4.90 Å². The third-order valence-electron chi connectivity index (χ3n) is 13.0. The molecule has 0 radical (unpaired) electrons. The number of benzene rings is 11. The molecule has 0 saturated carbocycles. The number of hydrogen-bond acceptors (Lipinski definition) is 2. The molecular weight excluding hydrogens is 779 g/mol. The first-order valence-corrected chi connectivity index (χ1v) is 23.7. The normalized spacial score (nSPS) is 11.8. The first-order chi connectivity index (χ1) is 31.2. The number of rotatable bonds is 8. The van der Waals surface area contributed by atoms with E-state index in [-0.39, 0.29) is 0 Å². The van der Waals surface area contributed by atoms with Crippen molar-refractivity contribution in [2.24, 2.45) is 0 Å². The van der Waals surface area contributed by atoms with Gasteiger partial charge in [0.2, 0.25) is 0 Å². The van der Waals surface area contributed by atoms with Gasteiger partial charge in [-0.25, -0.2) is 0 Å². The fourth-order valence-electron chi connectivity index (χ4n) is 10.1. The molecule has 0 aliphatic carbocycles. The average molecular weight is 820 g/mol. The van der Waals surface area contributed by atoms with Crippen LogP contribution in [0.4, 0.5) is 17.1 Å². The Morgan fingerprint density at radius 3 is 1.19 bits per heavy atom. The molecule has 0 aliphatic heterocycles. The predicted molar refractivity (Wildman–Crippen MR) is 270 cm³/mol. The van der Waals surface area contributed by atoms with Gasteiger partial charge in [-0.2, -0.15) is 0 Å². The molecule has 0 N–H and O–H groups in total. The quantitative estimate of drug-likeness (QED) is 0.0863. The summed E-state index contributed by atoms with van der Waals surface area (Å²) in [5.41, 5.74) is 7.35. The molecule has 0 aliphatic rings. The van der Waals surface area contributed by atoms with Gasteiger partial charge < -0.3 is 9.32 Å². The Hall–Kier alpha value is -7.98. The second-order valence-electron chi connectivity index (χ2n) is 16.4. The molecule has 2 nitrogen and oxygen atoms in total. The minimum absolute atomic E-state index is 0.900. The summed E-state index contributed by atoms with van der Waals surface area (Å²) in [7, 11) is -2.71. The van der Waals surface area contributed by atoms with Crippen LogP contribution < -0.4 is 25.6 Å². The summed E-state index contributed by atoms with van der Waals surface area (Å²) in [5, 5.41) is 15.2. The zero-order valence-corrected chi connectivity index (χ0v) is 35.5. The largest absolute Gasteiger partial charge is 0.456 e. The standard InChI is InChI=1S/C60H41NOSi/c1-4-16-47(17-5-1)63(48-18-6-2-7-19-48,49-20-8-3-9-21-49)50-36-33-45(34-37-50)61(46-35-39-55-53-24-11-10-22-51(53)52-23-12-13-25-54(52)58(55)41-46)44-31-28-42(29-32-44)43-30-38-57-56-26-14-15-27-59(56)62-60(57)40-43/h1-41H. The number of para-hydroxylation sites is 1. The third kappa shape index (κ3) is 6.08. The van der Waals surface area contributed by atoms with Gasteiger partial charge in [-0.05, 0) is 119 Å². The minimum atomic E-state index is -2.71. The van der Waals surface area contributed by atoms with Crippen molar-refractivity contribution in [1.29, 1.82) is 0 Å². The fourth-order valence-corrected chi connectivity index (χ4v) is 14.9. The van der Waals surface area contributed by atoms with E-state index in [1.807, 2.05) is 12.1 Å². The average Bonchev–Trinajstić information content (AvgIpc) is 3.74. The number of fused-ring (bicyclic) bond motifs is 9. The number of furan rings is 1. The zero-order chi connectivity index (χ0) is 41.7. The van der Waals surface area contributed by atoms with E-state index in [2.05, 4.69) is 241 Å². The van der Waals surface area contributed by atoms with E-state index >= 15 is 0 Å². The number of nitrogens with zero attached hydrogens (tertiary/aromatic N) is 1. The molecule has 1 heterocycles. The maximum atomic E-state index is 6.30. The molecule has 0 fully saturated rings. The highest BCUT2D eigenvalue weighted by Crippen LogP contribution is 2.41. The van der Waals surface area contributed by atoms with E-state index in [0.29, 0.717) is 0 Å². The van der Waals surface area contributed by atoms with Gasteiger partial charge in [0.1, 0.15) is 11.2 Å². The maximum absolute atomic E-state index is 6.30. The van der Waals surface area contributed by atoms with Gasteiger partial charge in [-0.1, -0.05) is 194 Å². The Bertz CT molecular complexity index is 3470. The minimum Gasteiger partial charge on any atom is -0.456 e. The molecule has 0 spiro atoms. The molecule has 1 aromatic heterocycles. The maximum Gasteiger partial charge on any atom is 0.179 e. The summed E-state index contributed by atoms with van der Waals surface area (Å²) >= 11 is 0. The van der Waals surface area contributed by atoms with Crippen molar-refractivity contribution in [3.63, 3.8) is 0 Å². The molecule has 0 amide bonds. The molecule has 12 rings (SSSR count). The monoisotopic (exact) mass is 819 g/mol. The second kappa shape index (κ2) is 15.2. The van der Waals surface area contributed by atoms with Crippen LogP contribution >= 0.6 is 0 Å². The molecule has 12 aromatic rings. The molecule has 0 unspecified atom stereocenters. The van der Waals surface area contributed by atoms with Crippen LogP contribution in [0.1, 0.15) is 0 Å². The number of hydrogen-bond donors (Lipinski definition) is 0. The Kier molecular flexibility index (Phi) is 8.87. The Balaban J connectivity index is 1.04. The molecule has 0 atom stereocenters. The van der Waals surface area contributed by atoms with Gasteiger partial charge in [-0.15, -0.1) is 0 Å². The van der Waals surface area contributed by atoms with Crippen LogP contribution in [0.2, 0.25) is 0 Å². The lowest BCUT2D eigenvalue weighted by atomic mass is 9.94. The van der Waals surface area contributed by atoms with Crippen LogP contribution in [0.3, 0.4) is 0 Å². The topological polar surface area (TPSA) is 16.4 Å². The van der Waals surface area contributed by atoms with Gasteiger partial charge in [0, 0.05) is 27.8 Å². The highest BCUT2D eigenvalue weighted by atomic mass is 28.3. The Labute approximate surface area is 367 Å². The lowest BCUT2D eigenvalue weighted by Gasteiger charge is -2.35. The third-order valence-corrected chi connectivity index (χ3v) is 17.8. The SMILES string of the molecule is c1ccc([Si](c2ccccc2)(c2ccccc2)c2ccc(N(c3ccc(-c4ccc5c(c4)oc4ccccc45)cc3)c3ccc4c5ccccc5c5ccccc5c4c3)cc2)cc1. The summed E-state index contributed by atoms with van der Waals surface area (Å²) in [6, 6.07) is 91.3. The van der Waals surface area contributed by atoms with Crippen molar-refractivity contribution in [3.05, 3.63) is 249 Å². The molecule has 0 saturated heterocycles. The molecule has 3 heteroatoms. The summed E-state index contributed by atoms with van der Waals surface area (Å²) in [6.07, 6.45) is 0. The molecule has 63 heavy (non-hydrogen) atoms. The van der Waals surface area contributed by atoms with Crippen molar-refractivity contribution >= 4 is 100 Å². The number of anilines is 3. The van der Waals surface area contributed by atoms with Crippen LogP contribution in [0.15, 0.2) is 253 Å². The van der Waals surface area contributed by atoms with Crippen molar-refractivity contribution in [2.45, 2.75) is 0 Å². The summed E-state index contributed by atoms with van der Waals surface area (Å²) < 4.78 is 6.30. The van der Waals surface area contributed by atoms with Crippen LogP contribution in [-0.2, 0) is 0 Å². The Morgan fingerprint density at radius 2 is 0.635 bits per heavy atom. The van der Waals surface area contributed by atoms with Crippen LogP contribution in [0, 0.1) is 0 Å². The lowest BCUT2D eigenvalue weighted by molar-refractivity contribution is 0.669. The molecule has 0 bridgehead atoms. The van der Waals surface area contributed by atoms with E-state index in [9.17, 15) is 0 Å². The fraction of sp³-hybridized carbons (Fsp3) is 0. The summed E-state index contributed by atoms with van der Waals surface area (Å²) in [4.78, 5) is 2.41. The molecule has 296 valence electrons. The van der Waals surface area contributed by atoms with E-state index in [1.54, 1.807) is 0 Å². The first kappa shape index (κ1) is 36.8. The molecule has 11 aromatic carbocycles. The zero-order valence-electron chi connectivity index (χ0n) is 34.5. The van der Waals surface area contributed by atoms with Gasteiger partial charge >= 0.3 is 0 Å². The van der Waals surface area contributed by atoms with E-state index in [0.717, 1.165) is 50.1 Å². The van der Waals surface area contributed by atoms with Gasteiger partial charge in [0.15, 0.2) is 8.07 Å². The van der Waals surface area contributed by atoms with Gasteiger partial charge in [0.05, 0.1) is 0 Å². The van der Waals surface area contributed by atoms with Crippen molar-refractivity contribution < 1.29 is 4.42 Å². The first-order valence-electron chi connectivity index (χ1n) is 21.7. The highest BCUT2D eigenvalue weighted by molar-refractivity contribution is 7.19. The Morgan fingerprint density at radius 1 is 0.254 bits per heavy atom. The summed E-state index contributed by atoms with van der Waals surface area (Å²) in [6.45, 7) is 0. The van der Waals surface area contributed by atoms with E-state index in [4.69, 9.17) is 4.42 Å². The molecular formula is C60H41NOSi. The van der Waals surface area contributed by atoms with Crippen molar-refractivity contribution in [1.82, 2.24) is 0 Å². The predicted octanol–water partition coefficient (Wildman–Crippen LogP) is 13.6. The lowest BCUT2D eigenvalue weighted by Crippen LogP contribution is -2.74. The van der Waals surface area contributed by atoms with Crippen LogP contribution in [-0.4, -0.2) is 8.07 Å².